The normalized spacial score (nSPS) is 45.9. The number of amides is 3. The largest absolute Gasteiger partial charge is 0.393 e. The van der Waals surface area contributed by atoms with Gasteiger partial charge in [0, 0.05) is 31.5 Å². The van der Waals surface area contributed by atoms with Crippen LogP contribution in [0.4, 0.5) is 0 Å². The first-order valence-corrected chi connectivity index (χ1v) is 28.3. The lowest BCUT2D eigenvalue weighted by atomic mass is 9.43. The van der Waals surface area contributed by atoms with Crippen LogP contribution in [0.2, 0.25) is 0 Å². The number of rotatable bonds is 15. The molecule has 8 aliphatic carbocycles. The zero-order valence-corrected chi connectivity index (χ0v) is 42.1. The highest BCUT2D eigenvalue weighted by Crippen LogP contribution is 2.70. The van der Waals surface area contributed by atoms with E-state index in [0.29, 0.717) is 77.9 Å². The monoisotopic (exact) mass is 942 g/mol. The number of carbonyl (C=O) groups is 4. The van der Waals surface area contributed by atoms with E-state index in [1.807, 2.05) is 0 Å². The Balaban J connectivity index is 0.797. The quantitative estimate of drug-likeness (QED) is 0.0543. The lowest BCUT2D eigenvalue weighted by Crippen LogP contribution is -2.60. The molecule has 0 spiro atoms. The predicted octanol–water partition coefficient (Wildman–Crippen LogP) is 7.64. The van der Waals surface area contributed by atoms with Crippen LogP contribution in [-0.2, 0) is 29.3 Å². The van der Waals surface area contributed by atoms with Crippen molar-refractivity contribution in [3.63, 3.8) is 0 Å². The lowest BCUT2D eigenvalue weighted by Gasteiger charge is -2.62. The molecular formula is C53H87N3O9S. The topological polar surface area (TPSA) is 199 Å². The molecule has 0 saturated heterocycles. The van der Waals surface area contributed by atoms with Gasteiger partial charge in [0.05, 0.1) is 18.0 Å². The van der Waals surface area contributed by atoms with Crippen molar-refractivity contribution in [1.29, 1.82) is 0 Å². The highest BCUT2D eigenvalue weighted by molar-refractivity contribution is 7.85. The Labute approximate surface area is 396 Å². The van der Waals surface area contributed by atoms with Gasteiger partial charge in [-0.3, -0.25) is 18.9 Å². The third kappa shape index (κ3) is 9.45. The highest BCUT2D eigenvalue weighted by atomic mass is 32.2. The Morgan fingerprint density at radius 1 is 0.621 bits per heavy atom. The van der Waals surface area contributed by atoms with Crippen molar-refractivity contribution >= 4 is 34.1 Å². The summed E-state index contributed by atoms with van der Waals surface area (Å²) in [6.07, 6.45) is 18.9. The fourth-order valence-corrected chi connectivity index (χ4v) is 19.2. The average molecular weight is 942 g/mol. The third-order valence-corrected chi connectivity index (χ3v) is 22.9. The number of aliphatic hydroxyl groups is 2. The maximum atomic E-state index is 13.5. The number of fused-ring (bicyclic) bond motifs is 10. The number of carbonyl (C=O) groups excluding carboxylic acids is 4. The van der Waals surface area contributed by atoms with Crippen molar-refractivity contribution in [1.82, 2.24) is 16.0 Å². The second kappa shape index (κ2) is 19.3. The molecule has 13 heteroatoms. The van der Waals surface area contributed by atoms with E-state index in [1.54, 1.807) is 0 Å². The molecule has 8 rings (SSSR count). The van der Waals surface area contributed by atoms with Crippen molar-refractivity contribution in [2.75, 3.05) is 12.3 Å². The summed E-state index contributed by atoms with van der Waals surface area (Å²) in [4.78, 5) is 50.7. The molecule has 0 aromatic rings. The smallest absolute Gasteiger partial charge is 0.266 e. The van der Waals surface area contributed by atoms with Crippen molar-refractivity contribution < 1.29 is 42.4 Å². The Hall–Kier alpha value is -2.09. The lowest BCUT2D eigenvalue weighted by molar-refractivity contribution is -0.167. The summed E-state index contributed by atoms with van der Waals surface area (Å²) >= 11 is 0. The molecule has 8 fully saturated rings. The first-order valence-electron chi connectivity index (χ1n) is 26.7. The van der Waals surface area contributed by atoms with Crippen LogP contribution in [0.25, 0.3) is 0 Å². The molecule has 12 nitrogen and oxygen atoms in total. The fourth-order valence-electron chi connectivity index (χ4n) is 18.9. The zero-order chi connectivity index (χ0) is 47.6. The van der Waals surface area contributed by atoms with E-state index >= 15 is 0 Å². The van der Waals surface area contributed by atoms with E-state index in [0.717, 1.165) is 103 Å². The van der Waals surface area contributed by atoms with Gasteiger partial charge in [0.1, 0.15) is 12.7 Å². The number of nitrogens with one attached hydrogen (secondary N) is 3. The fraction of sp³-hybridized carbons (Fsp3) is 0.925. The van der Waals surface area contributed by atoms with Crippen LogP contribution in [0.3, 0.4) is 0 Å². The van der Waals surface area contributed by atoms with Gasteiger partial charge < -0.3 is 31.0 Å². The average Bonchev–Trinajstić information content (AvgIpc) is 3.79. The van der Waals surface area contributed by atoms with Crippen LogP contribution >= 0.6 is 0 Å². The summed E-state index contributed by atoms with van der Waals surface area (Å²) < 4.78 is 31.1. The zero-order valence-electron chi connectivity index (χ0n) is 41.3. The van der Waals surface area contributed by atoms with E-state index in [-0.39, 0.29) is 76.5 Å². The minimum Gasteiger partial charge on any atom is -0.393 e. The third-order valence-electron chi connectivity index (χ3n) is 22.2. The van der Waals surface area contributed by atoms with E-state index < -0.39 is 22.0 Å². The summed E-state index contributed by atoms with van der Waals surface area (Å²) in [5, 5.41) is 33.0. The summed E-state index contributed by atoms with van der Waals surface area (Å²) in [6, 6.07) is -0.000379. The Morgan fingerprint density at radius 3 is 1.52 bits per heavy atom. The number of aldehydes is 1. The summed E-state index contributed by atoms with van der Waals surface area (Å²) in [5.74, 6) is 3.86. The minimum atomic E-state index is -4.12. The van der Waals surface area contributed by atoms with Crippen molar-refractivity contribution in [2.45, 2.75) is 201 Å². The SMILES string of the molecule is C[C@H](CCC=O)[C@H]1CC[C@@H]2C3[C@@H](CC[C@@]21C)[C@@]1(C)CCC(NC(=O)CC(=O)NC2CC[C@@]4(C)C(C2)C[C@H](O)C2[C@H]5CC[C@H]([C@H](C)CCC(=O)NCCS(=O)(=O)O)[C@@]5(C)CC[C@H]24)CC1C[C@@H]3O. The van der Waals surface area contributed by atoms with Crippen LogP contribution in [0.5, 0.6) is 0 Å². The van der Waals surface area contributed by atoms with E-state index in [2.05, 4.69) is 57.5 Å². The predicted molar refractivity (Wildman–Crippen MR) is 254 cm³/mol. The van der Waals surface area contributed by atoms with E-state index in [9.17, 15) is 37.8 Å². The molecule has 3 amide bonds. The number of aliphatic hydroxyl groups excluding tert-OH is 2. The molecule has 66 heavy (non-hydrogen) atoms. The van der Waals surface area contributed by atoms with Gasteiger partial charge >= 0.3 is 0 Å². The van der Waals surface area contributed by atoms with E-state index in [1.165, 1.54) is 19.3 Å². The maximum Gasteiger partial charge on any atom is 0.266 e. The maximum absolute atomic E-state index is 13.5. The summed E-state index contributed by atoms with van der Waals surface area (Å²) in [7, 11) is -4.12. The van der Waals surface area contributed by atoms with Crippen molar-refractivity contribution in [3.8, 4) is 0 Å². The molecule has 8 saturated carbocycles. The molecule has 0 bridgehead atoms. The van der Waals surface area contributed by atoms with Gasteiger partial charge in [0.25, 0.3) is 10.1 Å². The van der Waals surface area contributed by atoms with Crippen molar-refractivity contribution in [3.05, 3.63) is 0 Å². The standard InChI is InChI=1S/C53H87N3O9S/c1-31(8-7-24-57)37-10-12-39-48-41(17-21-52(37,39)5)50(3)19-15-35(26-33(50)28-43(48)58)55-46(61)30-47(62)56-36-16-20-51(4)34(27-36)29-44(59)49-40-13-11-38(53(40,6)22-18-42(49)51)32(2)9-14-45(60)54-23-25-66(63,64)65/h24,31-44,48-49,58-59H,7-23,25-30H2,1-6H3,(H,54,60)(H,55,61)(H,56,62)(H,63,64,65)/t31-,32-,33?,34?,35?,36?,37-,38-,39-,40-,41-,42-,43+,44+,48?,49?,50+,51+,52-,53-/m1/s1. The molecule has 0 heterocycles. The van der Waals surface area contributed by atoms with Crippen molar-refractivity contribution in [2.24, 2.45) is 92.7 Å². The first-order chi connectivity index (χ1) is 31.1. The van der Waals surface area contributed by atoms with Crippen LogP contribution in [-0.4, -0.2) is 83.8 Å². The molecule has 0 radical (unpaired) electrons. The molecule has 0 aromatic carbocycles. The molecule has 374 valence electrons. The second-order valence-corrected chi connectivity index (χ2v) is 26.7. The first kappa shape index (κ1) is 50.3. The van der Waals surface area contributed by atoms with Crippen LogP contribution in [0, 0.1) is 92.7 Å². The summed E-state index contributed by atoms with van der Waals surface area (Å²) in [5.41, 5.74) is 0.544. The minimum absolute atomic E-state index is 0.0116. The number of hydrogen-bond acceptors (Lipinski definition) is 8. The molecule has 6 N–H and O–H groups in total. The van der Waals surface area contributed by atoms with E-state index in [4.69, 9.17) is 4.55 Å². The summed E-state index contributed by atoms with van der Waals surface area (Å²) in [6.45, 7) is 14.3. The highest BCUT2D eigenvalue weighted by Gasteiger charge is 2.65. The Kier molecular flexibility index (Phi) is 14.7. The second-order valence-electron chi connectivity index (χ2n) is 25.2. The molecule has 0 aromatic heterocycles. The molecular weight excluding hydrogens is 855 g/mol. The van der Waals surface area contributed by atoms with Crippen LogP contribution in [0.1, 0.15) is 176 Å². The van der Waals surface area contributed by atoms with Gasteiger partial charge in [-0.15, -0.1) is 0 Å². The number of hydrogen-bond donors (Lipinski definition) is 6. The van der Waals surface area contributed by atoms with Gasteiger partial charge in [-0.1, -0.05) is 41.5 Å². The van der Waals surface area contributed by atoms with Crippen LogP contribution in [0.15, 0.2) is 0 Å². The Bertz CT molecular complexity index is 1920. The Morgan fingerprint density at radius 2 is 1.06 bits per heavy atom. The molecule has 0 aliphatic heterocycles. The van der Waals surface area contributed by atoms with Gasteiger partial charge in [-0.05, 0) is 208 Å². The van der Waals surface area contributed by atoms with Gasteiger partial charge in [0.2, 0.25) is 17.7 Å². The molecule has 6 unspecified atom stereocenters. The van der Waals surface area contributed by atoms with Gasteiger partial charge in [-0.25, -0.2) is 0 Å². The van der Waals surface area contributed by atoms with Crippen LogP contribution < -0.4 is 16.0 Å². The molecule has 20 atom stereocenters. The van der Waals surface area contributed by atoms with Gasteiger partial charge in [0.15, 0.2) is 0 Å². The van der Waals surface area contributed by atoms with Gasteiger partial charge in [-0.2, -0.15) is 8.42 Å². The molecule has 8 aliphatic rings.